The summed E-state index contributed by atoms with van der Waals surface area (Å²) in [5, 5.41) is 0. The van der Waals surface area contributed by atoms with Gasteiger partial charge in [0.1, 0.15) is 0 Å². The summed E-state index contributed by atoms with van der Waals surface area (Å²) in [7, 11) is 3.59. The molecule has 1 unspecified atom stereocenters. The van der Waals surface area contributed by atoms with Crippen LogP contribution in [0.3, 0.4) is 0 Å². The SMILES string of the molecule is CCC(C)N(CCOC)C1(CN)CCC(OC)CC1. The summed E-state index contributed by atoms with van der Waals surface area (Å²) < 4.78 is 10.8. The maximum atomic E-state index is 6.17. The summed E-state index contributed by atoms with van der Waals surface area (Å²) in [6, 6.07) is 0.554. The Morgan fingerprint density at radius 3 is 2.37 bits per heavy atom. The molecule has 1 aliphatic carbocycles. The van der Waals surface area contributed by atoms with Crippen LogP contribution < -0.4 is 5.73 Å². The van der Waals surface area contributed by atoms with E-state index in [1.807, 2.05) is 7.11 Å². The molecule has 0 amide bonds. The molecular formula is C15H32N2O2. The van der Waals surface area contributed by atoms with Crippen LogP contribution >= 0.6 is 0 Å². The third-order valence-electron chi connectivity index (χ3n) is 4.85. The first kappa shape index (κ1) is 16.9. The lowest BCUT2D eigenvalue weighted by atomic mass is 9.78. The first-order valence-corrected chi connectivity index (χ1v) is 7.62. The summed E-state index contributed by atoms with van der Waals surface area (Å²) in [4.78, 5) is 2.59. The van der Waals surface area contributed by atoms with Gasteiger partial charge in [0.25, 0.3) is 0 Å². The van der Waals surface area contributed by atoms with Crippen molar-refractivity contribution in [1.29, 1.82) is 0 Å². The lowest BCUT2D eigenvalue weighted by Crippen LogP contribution is -2.59. The van der Waals surface area contributed by atoms with Gasteiger partial charge in [-0.3, -0.25) is 4.90 Å². The number of ether oxygens (including phenoxy) is 2. The molecule has 1 aliphatic rings. The first-order valence-electron chi connectivity index (χ1n) is 7.62. The third-order valence-corrected chi connectivity index (χ3v) is 4.85. The Bertz CT molecular complexity index is 240. The minimum Gasteiger partial charge on any atom is -0.383 e. The molecule has 0 aromatic rings. The van der Waals surface area contributed by atoms with Gasteiger partial charge in [0, 0.05) is 38.9 Å². The highest BCUT2D eigenvalue weighted by molar-refractivity contribution is 4.97. The molecule has 0 aromatic carbocycles. The number of nitrogens with zero attached hydrogens (tertiary/aromatic N) is 1. The molecule has 1 saturated carbocycles. The largest absolute Gasteiger partial charge is 0.383 e. The monoisotopic (exact) mass is 272 g/mol. The van der Waals surface area contributed by atoms with Crippen molar-refractivity contribution in [2.75, 3.05) is 33.9 Å². The Morgan fingerprint density at radius 2 is 1.95 bits per heavy atom. The zero-order valence-electron chi connectivity index (χ0n) is 13.2. The second-order valence-electron chi connectivity index (χ2n) is 5.81. The average molecular weight is 272 g/mol. The zero-order valence-corrected chi connectivity index (χ0v) is 13.2. The van der Waals surface area contributed by atoms with E-state index in [-0.39, 0.29) is 5.54 Å². The van der Waals surface area contributed by atoms with Crippen LogP contribution in [0, 0.1) is 0 Å². The minimum absolute atomic E-state index is 0.142. The summed E-state index contributed by atoms with van der Waals surface area (Å²) >= 11 is 0. The molecule has 4 nitrogen and oxygen atoms in total. The fraction of sp³-hybridized carbons (Fsp3) is 1.00. The van der Waals surface area contributed by atoms with Gasteiger partial charge in [0.2, 0.25) is 0 Å². The van der Waals surface area contributed by atoms with Crippen molar-refractivity contribution in [1.82, 2.24) is 4.90 Å². The quantitative estimate of drug-likeness (QED) is 0.734. The minimum atomic E-state index is 0.142. The summed E-state index contributed by atoms with van der Waals surface area (Å²) in [5.74, 6) is 0. The highest BCUT2D eigenvalue weighted by atomic mass is 16.5. The number of nitrogens with two attached hydrogens (primary N) is 1. The van der Waals surface area contributed by atoms with Gasteiger partial charge in [-0.25, -0.2) is 0 Å². The fourth-order valence-corrected chi connectivity index (χ4v) is 3.31. The van der Waals surface area contributed by atoms with Gasteiger partial charge in [-0.15, -0.1) is 0 Å². The van der Waals surface area contributed by atoms with E-state index in [9.17, 15) is 0 Å². The van der Waals surface area contributed by atoms with E-state index >= 15 is 0 Å². The Hall–Kier alpha value is -0.160. The van der Waals surface area contributed by atoms with Gasteiger partial charge >= 0.3 is 0 Å². The van der Waals surface area contributed by atoms with Gasteiger partial charge in [-0.05, 0) is 39.0 Å². The van der Waals surface area contributed by atoms with Crippen LogP contribution in [-0.2, 0) is 9.47 Å². The molecule has 0 spiro atoms. The van der Waals surface area contributed by atoms with Crippen LogP contribution in [0.2, 0.25) is 0 Å². The second-order valence-corrected chi connectivity index (χ2v) is 5.81. The Kier molecular flexibility index (Phi) is 7.29. The maximum absolute atomic E-state index is 6.17. The smallest absolute Gasteiger partial charge is 0.0590 e. The van der Waals surface area contributed by atoms with Crippen LogP contribution in [0.1, 0.15) is 46.0 Å². The molecule has 0 bridgehead atoms. The molecule has 0 heterocycles. The Labute approximate surface area is 118 Å². The lowest BCUT2D eigenvalue weighted by Gasteiger charge is -2.50. The van der Waals surface area contributed by atoms with Crippen LogP contribution in [0.25, 0.3) is 0 Å². The van der Waals surface area contributed by atoms with Crippen LogP contribution in [-0.4, -0.2) is 56.5 Å². The highest BCUT2D eigenvalue weighted by Gasteiger charge is 2.40. The van der Waals surface area contributed by atoms with Crippen molar-refractivity contribution in [3.05, 3.63) is 0 Å². The van der Waals surface area contributed by atoms with Crippen LogP contribution in [0.5, 0.6) is 0 Å². The standard InChI is InChI=1S/C15H32N2O2/c1-5-13(2)17(10-11-18-3)15(12-16)8-6-14(19-4)7-9-15/h13-14H,5-12,16H2,1-4H3. The van der Waals surface area contributed by atoms with Gasteiger partial charge < -0.3 is 15.2 Å². The van der Waals surface area contributed by atoms with Gasteiger partial charge in [0.05, 0.1) is 12.7 Å². The van der Waals surface area contributed by atoms with E-state index in [1.54, 1.807) is 7.11 Å². The molecule has 19 heavy (non-hydrogen) atoms. The van der Waals surface area contributed by atoms with E-state index in [0.717, 1.165) is 51.8 Å². The number of rotatable bonds is 8. The zero-order chi connectivity index (χ0) is 14.3. The predicted molar refractivity (Wildman–Crippen MR) is 79.4 cm³/mol. The second kappa shape index (κ2) is 8.20. The molecule has 0 radical (unpaired) electrons. The van der Waals surface area contributed by atoms with Gasteiger partial charge in [0.15, 0.2) is 0 Å². The third kappa shape index (κ3) is 4.15. The molecular weight excluding hydrogens is 240 g/mol. The molecule has 4 heteroatoms. The van der Waals surface area contributed by atoms with Gasteiger partial charge in [-0.2, -0.15) is 0 Å². The number of hydrogen-bond donors (Lipinski definition) is 1. The van der Waals surface area contributed by atoms with Crippen molar-refractivity contribution < 1.29 is 9.47 Å². The molecule has 114 valence electrons. The summed E-state index contributed by atoms with van der Waals surface area (Å²) in [6.07, 6.45) is 6.08. The van der Waals surface area contributed by atoms with E-state index in [1.165, 1.54) is 0 Å². The van der Waals surface area contributed by atoms with E-state index in [2.05, 4.69) is 18.7 Å². The van der Waals surface area contributed by atoms with E-state index in [4.69, 9.17) is 15.2 Å². The molecule has 0 aromatic heterocycles. The number of methoxy groups -OCH3 is 2. The normalized spacial score (nSPS) is 29.7. The molecule has 1 rings (SSSR count). The van der Waals surface area contributed by atoms with Crippen molar-refractivity contribution in [3.8, 4) is 0 Å². The van der Waals surface area contributed by atoms with Crippen molar-refractivity contribution in [2.24, 2.45) is 5.73 Å². The fourth-order valence-electron chi connectivity index (χ4n) is 3.31. The van der Waals surface area contributed by atoms with Crippen molar-refractivity contribution in [3.63, 3.8) is 0 Å². The molecule has 0 aliphatic heterocycles. The van der Waals surface area contributed by atoms with E-state index < -0.39 is 0 Å². The average Bonchev–Trinajstić information content (AvgIpc) is 2.47. The molecule has 2 N–H and O–H groups in total. The van der Waals surface area contributed by atoms with Crippen molar-refractivity contribution in [2.45, 2.75) is 63.6 Å². The Morgan fingerprint density at radius 1 is 1.32 bits per heavy atom. The molecule has 0 saturated heterocycles. The van der Waals surface area contributed by atoms with Gasteiger partial charge in [-0.1, -0.05) is 6.92 Å². The maximum Gasteiger partial charge on any atom is 0.0590 e. The summed E-state index contributed by atoms with van der Waals surface area (Å²) in [6.45, 7) is 7.03. The van der Waals surface area contributed by atoms with E-state index in [0.29, 0.717) is 12.1 Å². The number of hydrogen-bond acceptors (Lipinski definition) is 4. The Balaban J connectivity index is 2.77. The van der Waals surface area contributed by atoms with Crippen molar-refractivity contribution >= 4 is 0 Å². The lowest BCUT2D eigenvalue weighted by molar-refractivity contribution is -0.0329. The topological polar surface area (TPSA) is 47.7 Å². The summed E-state index contributed by atoms with van der Waals surface area (Å²) in [5.41, 5.74) is 6.31. The molecule has 1 fully saturated rings. The predicted octanol–water partition coefficient (Wildman–Crippen LogP) is 2.02. The first-order chi connectivity index (χ1) is 9.13. The van der Waals surface area contributed by atoms with Crippen LogP contribution in [0.15, 0.2) is 0 Å². The molecule has 1 atom stereocenters. The van der Waals surface area contributed by atoms with Crippen LogP contribution in [0.4, 0.5) is 0 Å². The highest BCUT2D eigenvalue weighted by Crippen LogP contribution is 2.35.